The number of hydrogen-bond acceptors (Lipinski definition) is 3. The molecule has 0 aliphatic rings. The molecule has 0 N–H and O–H groups in total. The van der Waals surface area contributed by atoms with E-state index in [9.17, 15) is 14.9 Å². The number of non-ortho nitro benzene ring substituents is 1. The van der Waals surface area contributed by atoms with E-state index in [1.165, 1.54) is 19.1 Å². The van der Waals surface area contributed by atoms with E-state index < -0.39 is 4.92 Å². The molecule has 0 amide bonds. The minimum atomic E-state index is -0.423. The summed E-state index contributed by atoms with van der Waals surface area (Å²) in [6.45, 7) is 2.11. The van der Waals surface area contributed by atoms with Crippen LogP contribution in [0.25, 0.3) is 0 Å². The average molecular weight is 244 g/mol. The summed E-state index contributed by atoms with van der Waals surface area (Å²) in [5, 5.41) is 10.5. The fraction of sp³-hybridized carbons (Fsp3) is 0.154. The van der Waals surface area contributed by atoms with Crippen molar-refractivity contribution in [3.05, 3.63) is 64.0 Å². The molecular formula is C13H12N2O3. The summed E-state index contributed by atoms with van der Waals surface area (Å²) < 4.78 is 1.87. The van der Waals surface area contributed by atoms with Crippen LogP contribution in [0.15, 0.2) is 42.7 Å². The van der Waals surface area contributed by atoms with Gasteiger partial charge in [0.1, 0.15) is 0 Å². The van der Waals surface area contributed by atoms with Crippen LogP contribution in [0.1, 0.15) is 22.8 Å². The van der Waals surface area contributed by atoms with Crippen molar-refractivity contribution in [2.75, 3.05) is 0 Å². The molecule has 1 aromatic heterocycles. The molecule has 0 fully saturated rings. The third-order valence-corrected chi connectivity index (χ3v) is 2.67. The molecule has 5 heteroatoms. The second kappa shape index (κ2) is 4.83. The molecule has 0 aliphatic heterocycles. The number of aromatic nitrogens is 1. The Hall–Kier alpha value is -2.43. The molecule has 2 aromatic rings. The molecule has 1 heterocycles. The highest BCUT2D eigenvalue weighted by Crippen LogP contribution is 2.13. The average Bonchev–Trinajstić information content (AvgIpc) is 2.78. The topological polar surface area (TPSA) is 65.1 Å². The van der Waals surface area contributed by atoms with Gasteiger partial charge in [-0.3, -0.25) is 14.9 Å². The quantitative estimate of drug-likeness (QED) is 0.471. The normalized spacial score (nSPS) is 10.3. The van der Waals surface area contributed by atoms with Gasteiger partial charge >= 0.3 is 0 Å². The standard InChI is InChI=1S/C13H12N2O3/c1-10(16)12-6-7-14(9-12)8-11-2-4-13(5-3-11)15(17)18/h2-7,9H,8H2,1H3. The Morgan fingerprint density at radius 2 is 1.94 bits per heavy atom. The summed E-state index contributed by atoms with van der Waals surface area (Å²) >= 11 is 0. The number of benzene rings is 1. The second-order valence-electron chi connectivity index (χ2n) is 4.05. The number of carbonyl (C=O) groups is 1. The Labute approximate surface area is 104 Å². The van der Waals surface area contributed by atoms with E-state index in [2.05, 4.69) is 0 Å². The Morgan fingerprint density at radius 1 is 1.28 bits per heavy atom. The molecular weight excluding hydrogens is 232 g/mol. The highest BCUT2D eigenvalue weighted by Gasteiger charge is 2.05. The van der Waals surface area contributed by atoms with Crippen LogP contribution in [0, 0.1) is 10.1 Å². The van der Waals surface area contributed by atoms with Crippen LogP contribution in [0.4, 0.5) is 5.69 Å². The Balaban J connectivity index is 2.13. The molecule has 0 saturated heterocycles. The lowest BCUT2D eigenvalue weighted by Gasteiger charge is -2.02. The van der Waals surface area contributed by atoms with Gasteiger partial charge in [0, 0.05) is 36.6 Å². The maximum atomic E-state index is 11.1. The van der Waals surface area contributed by atoms with Crippen molar-refractivity contribution >= 4 is 11.5 Å². The van der Waals surface area contributed by atoms with Gasteiger partial charge in [-0.15, -0.1) is 0 Å². The number of nitrogens with zero attached hydrogens (tertiary/aromatic N) is 2. The summed E-state index contributed by atoms with van der Waals surface area (Å²) in [5.41, 5.74) is 1.69. The smallest absolute Gasteiger partial charge is 0.269 e. The molecule has 2 rings (SSSR count). The minimum absolute atomic E-state index is 0.0254. The van der Waals surface area contributed by atoms with Gasteiger partial charge in [-0.05, 0) is 18.6 Å². The Bertz CT molecular complexity index is 585. The van der Waals surface area contributed by atoms with Gasteiger partial charge < -0.3 is 4.57 Å². The van der Waals surface area contributed by atoms with Crippen molar-refractivity contribution in [1.82, 2.24) is 4.57 Å². The van der Waals surface area contributed by atoms with Crippen LogP contribution in [0.3, 0.4) is 0 Å². The maximum absolute atomic E-state index is 11.1. The first-order chi connectivity index (χ1) is 8.56. The van der Waals surface area contributed by atoms with Gasteiger partial charge in [0.05, 0.1) is 4.92 Å². The van der Waals surface area contributed by atoms with E-state index in [0.717, 1.165) is 5.56 Å². The molecule has 92 valence electrons. The third kappa shape index (κ3) is 2.63. The molecule has 0 atom stereocenters. The number of Topliss-reactive ketones (excluding diaryl/α,β-unsaturated/α-hetero) is 1. The minimum Gasteiger partial charge on any atom is -0.349 e. The molecule has 18 heavy (non-hydrogen) atoms. The summed E-state index contributed by atoms with van der Waals surface area (Å²) in [6, 6.07) is 8.14. The van der Waals surface area contributed by atoms with Gasteiger partial charge in [0.15, 0.2) is 5.78 Å². The lowest BCUT2D eigenvalue weighted by Crippen LogP contribution is -1.97. The van der Waals surface area contributed by atoms with Crippen LogP contribution >= 0.6 is 0 Å². The highest BCUT2D eigenvalue weighted by atomic mass is 16.6. The first-order valence-corrected chi connectivity index (χ1v) is 5.46. The lowest BCUT2D eigenvalue weighted by molar-refractivity contribution is -0.384. The summed E-state index contributed by atoms with van der Waals surface area (Å²) in [6.07, 6.45) is 3.59. The van der Waals surface area contributed by atoms with E-state index in [4.69, 9.17) is 0 Å². The number of hydrogen-bond donors (Lipinski definition) is 0. The van der Waals surface area contributed by atoms with Crippen LogP contribution in [0.5, 0.6) is 0 Å². The Morgan fingerprint density at radius 3 is 2.44 bits per heavy atom. The van der Waals surface area contributed by atoms with Crippen LogP contribution < -0.4 is 0 Å². The largest absolute Gasteiger partial charge is 0.349 e. The van der Waals surface area contributed by atoms with Crippen molar-refractivity contribution in [1.29, 1.82) is 0 Å². The molecule has 1 aromatic carbocycles. The van der Waals surface area contributed by atoms with Crippen LogP contribution in [-0.2, 0) is 6.54 Å². The van der Waals surface area contributed by atoms with Crippen LogP contribution in [-0.4, -0.2) is 15.3 Å². The van der Waals surface area contributed by atoms with Crippen molar-refractivity contribution in [3.8, 4) is 0 Å². The zero-order valence-corrected chi connectivity index (χ0v) is 9.87. The zero-order chi connectivity index (χ0) is 13.1. The highest BCUT2D eigenvalue weighted by molar-refractivity contribution is 5.93. The number of ketones is 1. The first-order valence-electron chi connectivity index (χ1n) is 5.46. The van der Waals surface area contributed by atoms with Gasteiger partial charge in [-0.25, -0.2) is 0 Å². The maximum Gasteiger partial charge on any atom is 0.269 e. The van der Waals surface area contributed by atoms with Crippen LogP contribution in [0.2, 0.25) is 0 Å². The lowest BCUT2D eigenvalue weighted by atomic mass is 10.2. The Kier molecular flexibility index (Phi) is 3.23. The van der Waals surface area contributed by atoms with E-state index >= 15 is 0 Å². The summed E-state index contributed by atoms with van der Waals surface area (Å²) in [7, 11) is 0. The molecule has 0 unspecified atom stereocenters. The number of nitro benzene ring substituents is 1. The fourth-order valence-electron chi connectivity index (χ4n) is 1.68. The molecule has 5 nitrogen and oxygen atoms in total. The van der Waals surface area contributed by atoms with E-state index in [1.54, 1.807) is 24.4 Å². The predicted octanol–water partition coefficient (Wildman–Crippen LogP) is 2.65. The van der Waals surface area contributed by atoms with E-state index in [1.807, 2.05) is 10.8 Å². The number of carbonyl (C=O) groups excluding carboxylic acids is 1. The van der Waals surface area contributed by atoms with E-state index in [0.29, 0.717) is 12.1 Å². The van der Waals surface area contributed by atoms with Gasteiger partial charge in [0.2, 0.25) is 0 Å². The molecule has 0 saturated carbocycles. The van der Waals surface area contributed by atoms with Gasteiger partial charge in [-0.2, -0.15) is 0 Å². The van der Waals surface area contributed by atoms with Gasteiger partial charge in [-0.1, -0.05) is 12.1 Å². The predicted molar refractivity (Wildman–Crippen MR) is 66.6 cm³/mol. The SMILES string of the molecule is CC(=O)c1ccn(Cc2ccc([N+](=O)[O-])cc2)c1. The summed E-state index contributed by atoms with van der Waals surface area (Å²) in [5.74, 6) is 0.0254. The van der Waals surface area contributed by atoms with Crippen molar-refractivity contribution in [2.24, 2.45) is 0 Å². The molecule has 0 radical (unpaired) electrons. The third-order valence-electron chi connectivity index (χ3n) is 2.67. The monoisotopic (exact) mass is 244 g/mol. The van der Waals surface area contributed by atoms with Crippen molar-refractivity contribution in [2.45, 2.75) is 13.5 Å². The molecule has 0 aliphatic carbocycles. The fourth-order valence-corrected chi connectivity index (χ4v) is 1.68. The van der Waals surface area contributed by atoms with Gasteiger partial charge in [0.25, 0.3) is 5.69 Å². The molecule has 0 bridgehead atoms. The second-order valence-corrected chi connectivity index (χ2v) is 4.05. The molecule has 0 spiro atoms. The first kappa shape index (κ1) is 12.0. The number of nitro groups is 1. The zero-order valence-electron chi connectivity index (χ0n) is 9.87. The van der Waals surface area contributed by atoms with Crippen molar-refractivity contribution in [3.63, 3.8) is 0 Å². The van der Waals surface area contributed by atoms with E-state index in [-0.39, 0.29) is 11.5 Å². The van der Waals surface area contributed by atoms with Crippen molar-refractivity contribution < 1.29 is 9.72 Å². The number of rotatable bonds is 4. The summed E-state index contributed by atoms with van der Waals surface area (Å²) in [4.78, 5) is 21.2.